The summed E-state index contributed by atoms with van der Waals surface area (Å²) in [5, 5.41) is 20.3. The van der Waals surface area contributed by atoms with E-state index in [2.05, 4.69) is 0 Å². The quantitative estimate of drug-likeness (QED) is 0.821. The maximum atomic E-state index is 10.8. The van der Waals surface area contributed by atoms with E-state index in [4.69, 9.17) is 28.3 Å². The molecule has 0 radical (unpaired) electrons. The second-order valence-electron chi connectivity index (χ2n) is 3.29. The number of rotatable bonds is 1. The molecule has 82 valence electrons. The first kappa shape index (κ1) is 11.0. The minimum Gasteiger partial charge on any atom is -0.507 e. The smallest absolute Gasteiger partial charge is 0.339 e. The monoisotopic (exact) mass is 256 g/mol. The van der Waals surface area contributed by atoms with E-state index in [-0.39, 0.29) is 11.3 Å². The molecule has 0 fully saturated rings. The molecule has 3 nitrogen and oxygen atoms in total. The van der Waals surface area contributed by atoms with Gasteiger partial charge in [0.25, 0.3) is 0 Å². The Morgan fingerprint density at radius 3 is 2.00 bits per heavy atom. The van der Waals surface area contributed by atoms with Crippen LogP contribution < -0.4 is 0 Å². The lowest BCUT2D eigenvalue weighted by molar-refractivity contribution is 0.0694. The summed E-state index contributed by atoms with van der Waals surface area (Å²) >= 11 is 11.6. The number of hydrogen-bond donors (Lipinski definition) is 2. The number of benzene rings is 2. The molecule has 0 amide bonds. The van der Waals surface area contributed by atoms with Crippen LogP contribution in [0.2, 0.25) is 10.0 Å². The van der Waals surface area contributed by atoms with Gasteiger partial charge >= 0.3 is 5.97 Å². The Labute approximate surface area is 101 Å². The predicted molar refractivity (Wildman–Crippen MR) is 62.6 cm³/mol. The summed E-state index contributed by atoms with van der Waals surface area (Å²) in [6.45, 7) is 0. The van der Waals surface area contributed by atoms with Gasteiger partial charge in [0, 0.05) is 0 Å². The van der Waals surface area contributed by atoms with Gasteiger partial charge in [0.2, 0.25) is 0 Å². The number of carboxylic acid groups (broad SMARTS) is 1. The summed E-state index contributed by atoms with van der Waals surface area (Å²) in [6, 6.07) is 5.84. The van der Waals surface area contributed by atoms with Crippen molar-refractivity contribution in [1.82, 2.24) is 0 Å². The van der Waals surface area contributed by atoms with Crippen molar-refractivity contribution >= 4 is 39.9 Å². The van der Waals surface area contributed by atoms with Gasteiger partial charge in [0.15, 0.2) is 0 Å². The highest BCUT2D eigenvalue weighted by Gasteiger charge is 2.11. The highest BCUT2D eigenvalue weighted by molar-refractivity contribution is 6.42. The van der Waals surface area contributed by atoms with Crippen LogP contribution in [0.1, 0.15) is 10.4 Å². The van der Waals surface area contributed by atoms with Gasteiger partial charge in [0.05, 0.1) is 10.0 Å². The second kappa shape index (κ2) is 3.85. The molecule has 2 rings (SSSR count). The molecular formula is C11H6Cl2O3. The van der Waals surface area contributed by atoms with Crippen molar-refractivity contribution in [2.75, 3.05) is 0 Å². The van der Waals surface area contributed by atoms with Crippen molar-refractivity contribution < 1.29 is 15.0 Å². The molecule has 0 atom stereocenters. The molecule has 2 aromatic carbocycles. The highest BCUT2D eigenvalue weighted by Crippen LogP contribution is 2.31. The van der Waals surface area contributed by atoms with Crippen molar-refractivity contribution in [3.8, 4) is 5.75 Å². The Bertz CT molecular complexity index is 593. The van der Waals surface area contributed by atoms with Crippen molar-refractivity contribution in [2.45, 2.75) is 0 Å². The molecule has 2 aromatic rings. The van der Waals surface area contributed by atoms with Crippen molar-refractivity contribution in [3.05, 3.63) is 39.9 Å². The van der Waals surface area contributed by atoms with E-state index < -0.39 is 5.97 Å². The molecule has 0 bridgehead atoms. The highest BCUT2D eigenvalue weighted by atomic mass is 35.5. The van der Waals surface area contributed by atoms with Gasteiger partial charge in [-0.1, -0.05) is 23.2 Å². The van der Waals surface area contributed by atoms with Gasteiger partial charge in [-0.2, -0.15) is 0 Å². The van der Waals surface area contributed by atoms with E-state index in [1.54, 1.807) is 12.1 Å². The molecular weight excluding hydrogens is 251 g/mol. The molecule has 2 N–H and O–H groups in total. The Morgan fingerprint density at radius 2 is 1.50 bits per heavy atom. The van der Waals surface area contributed by atoms with Crippen LogP contribution in [0, 0.1) is 0 Å². The first-order chi connectivity index (χ1) is 7.49. The number of aromatic hydroxyl groups is 1. The van der Waals surface area contributed by atoms with Crippen LogP contribution in [0.25, 0.3) is 10.8 Å². The molecule has 0 spiro atoms. The fourth-order valence-corrected chi connectivity index (χ4v) is 1.80. The zero-order valence-corrected chi connectivity index (χ0v) is 9.38. The van der Waals surface area contributed by atoms with E-state index in [1.807, 2.05) is 0 Å². The fraction of sp³-hybridized carbons (Fsp3) is 0. The van der Waals surface area contributed by atoms with Crippen LogP contribution in [0.5, 0.6) is 5.75 Å². The largest absolute Gasteiger partial charge is 0.507 e. The summed E-state index contributed by atoms with van der Waals surface area (Å²) in [6.07, 6.45) is 0. The summed E-state index contributed by atoms with van der Waals surface area (Å²) in [5.41, 5.74) is -0.161. The summed E-state index contributed by atoms with van der Waals surface area (Å²) in [7, 11) is 0. The first-order valence-electron chi connectivity index (χ1n) is 4.34. The van der Waals surface area contributed by atoms with Crippen LogP contribution in [-0.4, -0.2) is 16.2 Å². The Morgan fingerprint density at radius 1 is 1.00 bits per heavy atom. The lowest BCUT2D eigenvalue weighted by Gasteiger charge is -2.04. The van der Waals surface area contributed by atoms with Crippen LogP contribution in [-0.2, 0) is 0 Å². The average Bonchev–Trinajstić information content (AvgIpc) is 2.19. The summed E-state index contributed by atoms with van der Waals surface area (Å²) < 4.78 is 0. The fourth-order valence-electron chi connectivity index (χ4n) is 1.45. The van der Waals surface area contributed by atoms with Gasteiger partial charge < -0.3 is 10.2 Å². The third kappa shape index (κ3) is 1.79. The third-order valence-electron chi connectivity index (χ3n) is 2.22. The van der Waals surface area contributed by atoms with Crippen LogP contribution in [0.15, 0.2) is 24.3 Å². The van der Waals surface area contributed by atoms with E-state index >= 15 is 0 Å². The standard InChI is InChI=1S/C11H6Cl2O3/c12-8-2-5-1-7(11(15)16)10(14)4-6(5)3-9(8)13/h1-4,14H,(H,15,16). The van der Waals surface area contributed by atoms with Crippen molar-refractivity contribution in [2.24, 2.45) is 0 Å². The average molecular weight is 257 g/mol. The van der Waals surface area contributed by atoms with E-state index in [0.717, 1.165) is 0 Å². The van der Waals surface area contributed by atoms with E-state index in [0.29, 0.717) is 20.8 Å². The summed E-state index contributed by atoms with van der Waals surface area (Å²) in [4.78, 5) is 10.8. The van der Waals surface area contributed by atoms with Crippen LogP contribution in [0.3, 0.4) is 0 Å². The maximum Gasteiger partial charge on any atom is 0.339 e. The Kier molecular flexibility index (Phi) is 2.66. The molecule has 16 heavy (non-hydrogen) atoms. The summed E-state index contributed by atoms with van der Waals surface area (Å²) in [5.74, 6) is -1.48. The predicted octanol–water partition coefficient (Wildman–Crippen LogP) is 3.55. The lowest BCUT2D eigenvalue weighted by Crippen LogP contribution is -1.96. The number of fused-ring (bicyclic) bond motifs is 1. The SMILES string of the molecule is O=C(O)c1cc2cc(Cl)c(Cl)cc2cc1O. The second-order valence-corrected chi connectivity index (χ2v) is 4.10. The van der Waals surface area contributed by atoms with Crippen LogP contribution >= 0.6 is 23.2 Å². The molecule has 0 aliphatic carbocycles. The molecule has 0 saturated heterocycles. The van der Waals surface area contributed by atoms with Gasteiger partial charge in [0.1, 0.15) is 11.3 Å². The topological polar surface area (TPSA) is 57.5 Å². The zero-order valence-electron chi connectivity index (χ0n) is 7.87. The molecule has 0 heterocycles. The van der Waals surface area contributed by atoms with Gasteiger partial charge in [-0.05, 0) is 35.0 Å². The Balaban J connectivity index is 2.79. The van der Waals surface area contributed by atoms with Gasteiger partial charge in [-0.3, -0.25) is 0 Å². The number of aromatic carboxylic acids is 1. The zero-order chi connectivity index (χ0) is 11.9. The van der Waals surface area contributed by atoms with Crippen LogP contribution in [0.4, 0.5) is 0 Å². The molecule has 0 unspecified atom stereocenters. The maximum absolute atomic E-state index is 10.8. The van der Waals surface area contributed by atoms with E-state index in [9.17, 15) is 9.90 Å². The minimum atomic E-state index is -1.19. The third-order valence-corrected chi connectivity index (χ3v) is 2.95. The van der Waals surface area contributed by atoms with E-state index in [1.165, 1.54) is 12.1 Å². The molecule has 0 aliphatic rings. The van der Waals surface area contributed by atoms with Crippen molar-refractivity contribution in [1.29, 1.82) is 0 Å². The number of carboxylic acids is 1. The molecule has 0 saturated carbocycles. The number of halogens is 2. The Hall–Kier alpha value is -1.45. The van der Waals surface area contributed by atoms with Gasteiger partial charge in [-0.25, -0.2) is 4.79 Å². The number of carbonyl (C=O) groups is 1. The number of hydrogen-bond acceptors (Lipinski definition) is 2. The lowest BCUT2D eigenvalue weighted by atomic mass is 10.1. The normalized spacial score (nSPS) is 10.6. The number of phenols is 1. The van der Waals surface area contributed by atoms with Crippen molar-refractivity contribution in [3.63, 3.8) is 0 Å². The molecule has 0 aromatic heterocycles. The first-order valence-corrected chi connectivity index (χ1v) is 5.09. The molecule has 5 heteroatoms. The van der Waals surface area contributed by atoms with Gasteiger partial charge in [-0.15, -0.1) is 0 Å². The molecule has 0 aliphatic heterocycles. The minimum absolute atomic E-state index is 0.161.